The van der Waals surface area contributed by atoms with E-state index in [2.05, 4.69) is 26.0 Å². The number of nitrogens with zero attached hydrogens (tertiary/aromatic N) is 1. The minimum Gasteiger partial charge on any atom is -0.379 e. The topological polar surface area (TPSA) is 55.6 Å². The quantitative estimate of drug-likeness (QED) is 0.899. The Balaban J connectivity index is 2.15. The Bertz CT molecular complexity index is 444. The maximum Gasteiger partial charge on any atom is 0.238 e. The lowest BCUT2D eigenvalue weighted by Crippen LogP contribution is -2.58. The number of benzene rings is 1. The van der Waals surface area contributed by atoms with Gasteiger partial charge in [0.1, 0.15) is 5.41 Å². The largest absolute Gasteiger partial charge is 0.379 e. The highest BCUT2D eigenvalue weighted by atomic mass is 16.5. The molecule has 4 heteroatoms. The molecule has 0 atom stereocenters. The van der Waals surface area contributed by atoms with E-state index < -0.39 is 5.41 Å². The first-order valence-electron chi connectivity index (χ1n) is 6.66. The minimum absolute atomic E-state index is 0.0403. The summed E-state index contributed by atoms with van der Waals surface area (Å²) in [6.45, 7) is 5.49. The van der Waals surface area contributed by atoms with Crippen molar-refractivity contribution in [2.75, 3.05) is 31.7 Å². The third-order valence-electron chi connectivity index (χ3n) is 3.85. The Morgan fingerprint density at radius 1 is 1.37 bits per heavy atom. The fraction of sp³-hybridized carbons (Fsp3) is 0.533. The first-order chi connectivity index (χ1) is 9.00. The number of rotatable bonds is 4. The maximum absolute atomic E-state index is 12.5. The molecule has 0 aromatic heterocycles. The molecule has 0 unspecified atom stereocenters. The number of ether oxygens (including phenoxy) is 1. The molecule has 1 heterocycles. The lowest BCUT2D eigenvalue weighted by atomic mass is 9.84. The summed E-state index contributed by atoms with van der Waals surface area (Å²) < 4.78 is 5.16. The van der Waals surface area contributed by atoms with Gasteiger partial charge in [0.25, 0.3) is 0 Å². The van der Waals surface area contributed by atoms with E-state index in [1.54, 1.807) is 11.9 Å². The van der Waals surface area contributed by atoms with Crippen molar-refractivity contribution in [1.82, 2.24) is 0 Å². The normalized spacial score (nSPS) is 17.1. The molecule has 1 aromatic rings. The number of amides is 1. The average Bonchev–Trinajstić information content (AvgIpc) is 2.37. The number of carbonyl (C=O) groups is 1. The molecule has 1 saturated heterocycles. The summed E-state index contributed by atoms with van der Waals surface area (Å²) in [5, 5.41) is 0. The minimum atomic E-state index is -0.522. The average molecular weight is 262 g/mol. The lowest BCUT2D eigenvalue weighted by molar-refractivity contribution is -0.156. The zero-order valence-electron chi connectivity index (χ0n) is 11.8. The Hall–Kier alpha value is -1.39. The fourth-order valence-electron chi connectivity index (χ4n) is 2.23. The summed E-state index contributed by atoms with van der Waals surface area (Å²) >= 11 is 0. The van der Waals surface area contributed by atoms with Crippen LogP contribution in [0, 0.1) is 5.41 Å². The Labute approximate surface area is 114 Å². The van der Waals surface area contributed by atoms with Crippen LogP contribution in [0.1, 0.15) is 25.3 Å². The molecule has 1 aliphatic rings. The van der Waals surface area contributed by atoms with Gasteiger partial charge < -0.3 is 15.4 Å². The summed E-state index contributed by atoms with van der Waals surface area (Å²) in [7, 11) is 1.79. The van der Waals surface area contributed by atoms with E-state index in [9.17, 15) is 4.79 Å². The van der Waals surface area contributed by atoms with Crippen LogP contribution in [0.4, 0.5) is 5.69 Å². The van der Waals surface area contributed by atoms with Crippen LogP contribution in [0.2, 0.25) is 0 Å². The van der Waals surface area contributed by atoms with E-state index in [1.165, 1.54) is 5.56 Å². The van der Waals surface area contributed by atoms with Crippen LogP contribution in [-0.4, -0.2) is 32.7 Å². The highest BCUT2D eigenvalue weighted by molar-refractivity contribution is 5.98. The van der Waals surface area contributed by atoms with Gasteiger partial charge >= 0.3 is 0 Å². The highest BCUT2D eigenvalue weighted by Gasteiger charge is 2.46. The third kappa shape index (κ3) is 2.51. The van der Waals surface area contributed by atoms with Crippen molar-refractivity contribution >= 4 is 11.6 Å². The molecule has 1 aromatic carbocycles. The van der Waals surface area contributed by atoms with Crippen LogP contribution in [0.5, 0.6) is 0 Å². The number of carbonyl (C=O) groups excluding carboxylic acids is 1. The van der Waals surface area contributed by atoms with E-state index in [4.69, 9.17) is 10.5 Å². The van der Waals surface area contributed by atoms with Gasteiger partial charge in [-0.05, 0) is 23.6 Å². The van der Waals surface area contributed by atoms with Crippen molar-refractivity contribution in [2.45, 2.75) is 19.8 Å². The second-order valence-corrected chi connectivity index (χ2v) is 5.59. The second-order valence-electron chi connectivity index (χ2n) is 5.59. The van der Waals surface area contributed by atoms with Gasteiger partial charge in [-0.2, -0.15) is 0 Å². The standard InChI is InChI=1S/C15H22N2O2/c1-11(2)12-4-6-13(7-5-12)17(3)14(18)15(8-16)9-19-10-15/h4-7,11H,8-10,16H2,1-3H3. The smallest absolute Gasteiger partial charge is 0.238 e. The van der Waals surface area contributed by atoms with Crippen molar-refractivity contribution in [3.8, 4) is 0 Å². The molecule has 0 radical (unpaired) electrons. The van der Waals surface area contributed by atoms with Crippen molar-refractivity contribution in [2.24, 2.45) is 11.1 Å². The molecule has 0 saturated carbocycles. The van der Waals surface area contributed by atoms with Crippen molar-refractivity contribution in [3.63, 3.8) is 0 Å². The molecule has 2 N–H and O–H groups in total. The maximum atomic E-state index is 12.5. The van der Waals surface area contributed by atoms with Crippen LogP contribution < -0.4 is 10.6 Å². The van der Waals surface area contributed by atoms with Crippen LogP contribution in [0.3, 0.4) is 0 Å². The molecule has 0 aliphatic carbocycles. The zero-order valence-corrected chi connectivity index (χ0v) is 11.8. The molecule has 4 nitrogen and oxygen atoms in total. The molecule has 0 spiro atoms. The lowest BCUT2D eigenvalue weighted by Gasteiger charge is -2.41. The van der Waals surface area contributed by atoms with Gasteiger partial charge in [-0.3, -0.25) is 4.79 Å². The summed E-state index contributed by atoms with van der Waals surface area (Å²) in [5.41, 5.74) is 7.37. The number of nitrogens with two attached hydrogens (primary N) is 1. The van der Waals surface area contributed by atoms with Gasteiger partial charge in [0.2, 0.25) is 5.91 Å². The van der Waals surface area contributed by atoms with Crippen molar-refractivity contribution in [1.29, 1.82) is 0 Å². The zero-order chi connectivity index (χ0) is 14.0. The molecule has 2 rings (SSSR count). The van der Waals surface area contributed by atoms with E-state index in [-0.39, 0.29) is 5.91 Å². The fourth-order valence-corrected chi connectivity index (χ4v) is 2.23. The van der Waals surface area contributed by atoms with Crippen molar-refractivity contribution in [3.05, 3.63) is 29.8 Å². The Morgan fingerprint density at radius 2 is 1.95 bits per heavy atom. The van der Waals surface area contributed by atoms with E-state index in [0.29, 0.717) is 25.7 Å². The Morgan fingerprint density at radius 3 is 2.32 bits per heavy atom. The molecule has 1 fully saturated rings. The van der Waals surface area contributed by atoms with Gasteiger partial charge in [0.15, 0.2) is 0 Å². The molecule has 0 bridgehead atoms. The van der Waals surface area contributed by atoms with Crippen LogP contribution in [-0.2, 0) is 9.53 Å². The van der Waals surface area contributed by atoms with Gasteiger partial charge in [-0.1, -0.05) is 26.0 Å². The third-order valence-corrected chi connectivity index (χ3v) is 3.85. The number of hydrogen-bond donors (Lipinski definition) is 1. The van der Waals surface area contributed by atoms with E-state index >= 15 is 0 Å². The summed E-state index contributed by atoms with van der Waals surface area (Å²) in [5.74, 6) is 0.532. The van der Waals surface area contributed by atoms with Crippen molar-refractivity contribution < 1.29 is 9.53 Å². The first-order valence-corrected chi connectivity index (χ1v) is 6.66. The first kappa shape index (κ1) is 14.0. The highest BCUT2D eigenvalue weighted by Crippen LogP contribution is 2.30. The monoisotopic (exact) mass is 262 g/mol. The van der Waals surface area contributed by atoms with Crippen LogP contribution >= 0.6 is 0 Å². The predicted octanol–water partition coefficient (Wildman–Crippen LogP) is 1.75. The number of hydrogen-bond acceptors (Lipinski definition) is 3. The second kappa shape index (κ2) is 5.31. The van der Waals surface area contributed by atoms with Crippen LogP contribution in [0.15, 0.2) is 24.3 Å². The molecular formula is C15H22N2O2. The van der Waals surface area contributed by atoms with Gasteiger partial charge in [-0.25, -0.2) is 0 Å². The molecule has 1 amide bonds. The molecule has 1 aliphatic heterocycles. The van der Waals surface area contributed by atoms with E-state index in [0.717, 1.165) is 5.69 Å². The van der Waals surface area contributed by atoms with Gasteiger partial charge in [0.05, 0.1) is 13.2 Å². The number of anilines is 1. The SMILES string of the molecule is CC(C)c1ccc(N(C)C(=O)C2(CN)COC2)cc1. The van der Waals surface area contributed by atoms with Gasteiger partial charge in [0, 0.05) is 19.3 Å². The summed E-state index contributed by atoms with van der Waals surface area (Å²) in [6.07, 6.45) is 0. The van der Waals surface area contributed by atoms with Crippen LogP contribution in [0.25, 0.3) is 0 Å². The predicted molar refractivity (Wildman–Crippen MR) is 76.2 cm³/mol. The molecule has 19 heavy (non-hydrogen) atoms. The molecule has 104 valence electrons. The van der Waals surface area contributed by atoms with E-state index in [1.807, 2.05) is 12.1 Å². The summed E-state index contributed by atoms with van der Waals surface area (Å²) in [4.78, 5) is 14.1. The molecular weight excluding hydrogens is 240 g/mol. The van der Waals surface area contributed by atoms with Gasteiger partial charge in [-0.15, -0.1) is 0 Å². The summed E-state index contributed by atoms with van der Waals surface area (Å²) in [6, 6.07) is 8.10. The Kier molecular flexibility index (Phi) is 3.92.